The molecule has 0 N–H and O–H groups in total. The van der Waals surface area contributed by atoms with E-state index in [-0.39, 0.29) is 51.4 Å². The second-order valence-electron chi connectivity index (χ2n) is 3.47. The molecule has 0 saturated carbocycles. The number of hydrogen-bond acceptors (Lipinski definition) is 4. The topological polar surface area (TPSA) is 32.3 Å². The molecule has 0 aromatic rings. The van der Waals surface area contributed by atoms with Crippen molar-refractivity contribution in [1.82, 2.24) is 0 Å². The molecule has 2 nitrogen and oxygen atoms in total. The Morgan fingerprint density at radius 1 is 1.12 bits per heavy atom. The largest absolute Gasteiger partial charge is 1.00 e. The molecule has 6 heteroatoms. The van der Waals surface area contributed by atoms with E-state index in [1.807, 2.05) is 6.92 Å². The Hall–Kier alpha value is 2.56. The van der Waals surface area contributed by atoms with E-state index in [0.29, 0.717) is 6.61 Å². The molecule has 0 saturated heterocycles. The Bertz CT molecular complexity index is 194. The summed E-state index contributed by atoms with van der Waals surface area (Å²) in [6.45, 7) is 4.49. The fourth-order valence-corrected chi connectivity index (χ4v) is 4.79. The maximum Gasteiger partial charge on any atom is 1.00 e. The standard InChI is InChI=1S/C10H23O2PS2.K/c1-3-5-6-7-8-9-10-15-13(11,14)12-4-2;/h3-10H2,1-2H3,(H,11,14);/q;+1/p-1. The van der Waals surface area contributed by atoms with Crippen LogP contribution < -0.4 is 56.3 Å². The first-order valence-corrected chi connectivity index (χ1v) is 9.95. The summed E-state index contributed by atoms with van der Waals surface area (Å²) in [5.74, 6) is 0.868. The summed E-state index contributed by atoms with van der Waals surface area (Å²) in [4.78, 5) is 11.5. The zero-order valence-corrected chi connectivity index (χ0v) is 16.4. The molecule has 1 atom stereocenters. The van der Waals surface area contributed by atoms with Gasteiger partial charge < -0.3 is 9.42 Å². The van der Waals surface area contributed by atoms with Gasteiger partial charge in [-0.15, -0.1) is 11.4 Å². The molecule has 0 rings (SSSR count). The van der Waals surface area contributed by atoms with Crippen molar-refractivity contribution in [2.75, 3.05) is 12.4 Å². The zero-order valence-electron chi connectivity index (χ0n) is 10.7. The zero-order chi connectivity index (χ0) is 11.6. The molecule has 0 amide bonds. The van der Waals surface area contributed by atoms with Gasteiger partial charge in [0.05, 0.1) is 0 Å². The first-order valence-electron chi connectivity index (χ1n) is 5.72. The van der Waals surface area contributed by atoms with Crippen molar-refractivity contribution in [3.8, 4) is 0 Å². The van der Waals surface area contributed by atoms with Crippen LogP contribution >= 0.6 is 17.1 Å². The van der Waals surface area contributed by atoms with Crippen LogP contribution in [0.3, 0.4) is 0 Å². The average Bonchev–Trinajstić information content (AvgIpc) is 2.16. The molecule has 0 radical (unpaired) electrons. The fourth-order valence-electron chi connectivity index (χ4n) is 1.25. The molecule has 0 aromatic carbocycles. The van der Waals surface area contributed by atoms with E-state index in [2.05, 4.69) is 6.92 Å². The van der Waals surface area contributed by atoms with Crippen molar-refractivity contribution in [3.63, 3.8) is 0 Å². The van der Waals surface area contributed by atoms with E-state index in [4.69, 9.17) is 16.3 Å². The van der Waals surface area contributed by atoms with Crippen LogP contribution in [0.25, 0.3) is 0 Å². The van der Waals surface area contributed by atoms with Crippen LogP contribution in [0.1, 0.15) is 52.4 Å². The van der Waals surface area contributed by atoms with E-state index in [1.54, 1.807) is 0 Å². The van der Waals surface area contributed by atoms with Gasteiger partial charge in [0.15, 0.2) is 0 Å². The minimum atomic E-state index is -2.75. The maximum atomic E-state index is 11.5. The predicted molar refractivity (Wildman–Crippen MR) is 71.7 cm³/mol. The van der Waals surface area contributed by atoms with Crippen molar-refractivity contribution in [3.05, 3.63) is 0 Å². The maximum absolute atomic E-state index is 11.5. The van der Waals surface area contributed by atoms with Crippen molar-refractivity contribution in [2.24, 2.45) is 0 Å². The SMILES string of the molecule is CCCCCCCCSP([O-])(=S)OCC.[K+]. The third kappa shape index (κ3) is 14.6. The van der Waals surface area contributed by atoms with E-state index in [0.717, 1.165) is 12.2 Å². The average molecular weight is 308 g/mol. The van der Waals surface area contributed by atoms with Crippen LogP contribution in [0.5, 0.6) is 0 Å². The summed E-state index contributed by atoms with van der Waals surface area (Å²) >= 11 is 6.17. The third-order valence-electron chi connectivity index (χ3n) is 2.03. The number of rotatable bonds is 10. The summed E-state index contributed by atoms with van der Waals surface area (Å²) in [6.07, 6.45) is 7.52. The van der Waals surface area contributed by atoms with Gasteiger partial charge in [-0.25, -0.2) is 0 Å². The molecule has 0 fully saturated rings. The molecule has 0 heterocycles. The fraction of sp³-hybridized carbons (Fsp3) is 1.00. The third-order valence-corrected chi connectivity index (χ3v) is 6.47. The smallest absolute Gasteiger partial charge is 0.793 e. The van der Waals surface area contributed by atoms with E-state index in [9.17, 15) is 4.89 Å². The molecule has 0 aliphatic carbocycles. The molecule has 92 valence electrons. The summed E-state index contributed by atoms with van der Waals surface area (Å²) in [5.41, 5.74) is -2.75. The van der Waals surface area contributed by atoms with Crippen molar-refractivity contribution >= 4 is 28.9 Å². The van der Waals surface area contributed by atoms with Crippen molar-refractivity contribution < 1.29 is 60.8 Å². The summed E-state index contributed by atoms with van der Waals surface area (Å²) in [5, 5.41) is 0. The molecule has 0 aromatic heterocycles. The molecule has 0 spiro atoms. The van der Waals surface area contributed by atoms with Crippen LogP contribution in [0.15, 0.2) is 0 Å². The minimum Gasteiger partial charge on any atom is -0.793 e. The quantitative estimate of drug-likeness (QED) is 0.338. The van der Waals surface area contributed by atoms with Crippen LogP contribution in [0.4, 0.5) is 0 Å². The van der Waals surface area contributed by atoms with Gasteiger partial charge in [0, 0.05) is 12.3 Å². The summed E-state index contributed by atoms with van der Waals surface area (Å²) in [7, 11) is 0. The number of unbranched alkanes of at least 4 members (excludes halogenated alkanes) is 5. The van der Waals surface area contributed by atoms with Gasteiger partial charge in [0.1, 0.15) is 0 Å². The molecule has 1 unspecified atom stereocenters. The van der Waals surface area contributed by atoms with Gasteiger partial charge in [0.2, 0.25) is 0 Å². The monoisotopic (exact) mass is 308 g/mol. The van der Waals surface area contributed by atoms with E-state index in [1.165, 1.54) is 43.5 Å². The van der Waals surface area contributed by atoms with Crippen LogP contribution in [-0.2, 0) is 16.3 Å². The molecule has 16 heavy (non-hydrogen) atoms. The van der Waals surface area contributed by atoms with Gasteiger partial charge in [-0.2, -0.15) is 0 Å². The Morgan fingerprint density at radius 2 is 1.69 bits per heavy atom. The van der Waals surface area contributed by atoms with Crippen LogP contribution in [0, 0.1) is 0 Å². The van der Waals surface area contributed by atoms with Gasteiger partial charge in [-0.1, -0.05) is 50.8 Å². The van der Waals surface area contributed by atoms with Gasteiger partial charge in [-0.3, -0.25) is 0 Å². The van der Waals surface area contributed by atoms with Crippen molar-refractivity contribution in [2.45, 2.75) is 52.4 Å². The first-order chi connectivity index (χ1) is 7.12. The van der Waals surface area contributed by atoms with E-state index < -0.39 is 5.69 Å². The second-order valence-corrected chi connectivity index (χ2v) is 9.64. The second kappa shape index (κ2) is 14.0. The minimum absolute atomic E-state index is 0. The van der Waals surface area contributed by atoms with Gasteiger partial charge in [0.25, 0.3) is 0 Å². The Labute approximate surface area is 152 Å². The Kier molecular flexibility index (Phi) is 18.2. The molecular weight excluding hydrogens is 286 g/mol. The molecule has 0 aliphatic rings. The Balaban J connectivity index is 0. The Morgan fingerprint density at radius 3 is 2.25 bits per heavy atom. The summed E-state index contributed by atoms with van der Waals surface area (Å²) in [6, 6.07) is 0. The summed E-state index contributed by atoms with van der Waals surface area (Å²) < 4.78 is 5.01. The van der Waals surface area contributed by atoms with E-state index >= 15 is 0 Å². The first kappa shape index (κ1) is 20.9. The molecular formula is C10H22KO2PS2. The number of hydrogen-bond donors (Lipinski definition) is 0. The van der Waals surface area contributed by atoms with Crippen LogP contribution in [-0.4, -0.2) is 12.4 Å². The molecule has 0 bridgehead atoms. The van der Waals surface area contributed by atoms with Crippen molar-refractivity contribution in [1.29, 1.82) is 0 Å². The van der Waals surface area contributed by atoms with Crippen LogP contribution in [0.2, 0.25) is 0 Å². The van der Waals surface area contributed by atoms with Gasteiger partial charge >= 0.3 is 51.4 Å². The predicted octanol–water partition coefficient (Wildman–Crippen LogP) is 0.705. The normalized spacial score (nSPS) is 14.2. The van der Waals surface area contributed by atoms with Gasteiger partial charge in [-0.05, 0) is 19.1 Å². The molecule has 0 aliphatic heterocycles.